The molecule has 5 nitrogen and oxygen atoms in total. The summed E-state index contributed by atoms with van der Waals surface area (Å²) in [5.74, 6) is -0.253. The molecular weight excluding hydrogens is 244 g/mol. The van der Waals surface area contributed by atoms with Crippen LogP contribution in [-0.2, 0) is 4.74 Å². The Hall–Kier alpha value is -2.30. The molecule has 1 aromatic carbocycles. The summed E-state index contributed by atoms with van der Waals surface area (Å²) in [5.41, 5.74) is 8.67. The van der Waals surface area contributed by atoms with Crippen LogP contribution in [-0.4, -0.2) is 17.6 Å². The summed E-state index contributed by atoms with van der Waals surface area (Å²) >= 11 is 0. The Morgan fingerprint density at radius 2 is 2.16 bits per heavy atom. The van der Waals surface area contributed by atoms with Crippen LogP contribution in [0.4, 0.5) is 5.88 Å². The van der Waals surface area contributed by atoms with Crippen molar-refractivity contribution in [2.24, 2.45) is 0 Å². The molecule has 0 saturated heterocycles. The van der Waals surface area contributed by atoms with Gasteiger partial charge in [-0.1, -0.05) is 12.1 Å². The van der Waals surface area contributed by atoms with E-state index < -0.39 is 5.97 Å². The van der Waals surface area contributed by atoms with Crippen molar-refractivity contribution >= 4 is 11.9 Å². The van der Waals surface area contributed by atoms with Crippen LogP contribution in [0.2, 0.25) is 0 Å². The van der Waals surface area contributed by atoms with Gasteiger partial charge in [0, 0.05) is 5.56 Å². The van der Waals surface area contributed by atoms with Crippen LogP contribution in [0.15, 0.2) is 22.6 Å². The molecule has 0 atom stereocenters. The lowest BCUT2D eigenvalue weighted by Crippen LogP contribution is -2.07. The normalized spacial score (nSPS) is 10.5. The number of anilines is 1. The molecule has 0 aliphatic heterocycles. The number of aryl methyl sites for hydroxylation is 1. The highest BCUT2D eigenvalue weighted by atomic mass is 16.5. The Bertz CT molecular complexity index is 617. The molecule has 2 aromatic rings. The van der Waals surface area contributed by atoms with E-state index in [1.54, 1.807) is 6.92 Å². The summed E-state index contributed by atoms with van der Waals surface area (Å²) in [6, 6.07) is 5.78. The minimum atomic E-state index is -0.569. The molecule has 0 unspecified atom stereocenters. The van der Waals surface area contributed by atoms with Crippen LogP contribution < -0.4 is 5.73 Å². The maximum Gasteiger partial charge on any atom is 0.362 e. The van der Waals surface area contributed by atoms with Crippen LogP contribution in [0, 0.1) is 13.8 Å². The lowest BCUT2D eigenvalue weighted by atomic mass is 10.0. The average Bonchev–Trinajstić information content (AvgIpc) is 2.75. The van der Waals surface area contributed by atoms with E-state index in [-0.39, 0.29) is 18.2 Å². The molecule has 0 radical (unpaired) electrons. The van der Waals surface area contributed by atoms with E-state index in [9.17, 15) is 4.79 Å². The molecule has 0 aliphatic carbocycles. The van der Waals surface area contributed by atoms with Crippen molar-refractivity contribution < 1.29 is 13.9 Å². The number of nitrogen functional groups attached to an aromatic ring is 1. The Kier molecular flexibility index (Phi) is 3.55. The number of esters is 1. The van der Waals surface area contributed by atoms with Gasteiger partial charge in [-0.05, 0) is 38.0 Å². The Labute approximate surface area is 111 Å². The zero-order valence-corrected chi connectivity index (χ0v) is 11.2. The Morgan fingerprint density at radius 3 is 2.84 bits per heavy atom. The first-order chi connectivity index (χ1) is 9.04. The third kappa shape index (κ3) is 2.45. The third-order valence-electron chi connectivity index (χ3n) is 2.96. The van der Waals surface area contributed by atoms with Gasteiger partial charge in [0.25, 0.3) is 0 Å². The molecule has 0 saturated carbocycles. The van der Waals surface area contributed by atoms with E-state index >= 15 is 0 Å². The molecule has 19 heavy (non-hydrogen) atoms. The number of rotatable bonds is 3. The summed E-state index contributed by atoms with van der Waals surface area (Å²) in [7, 11) is 0. The molecule has 100 valence electrons. The Balaban J connectivity index is 2.45. The number of hydrogen-bond donors (Lipinski definition) is 1. The first-order valence-corrected chi connectivity index (χ1v) is 6.04. The van der Waals surface area contributed by atoms with E-state index in [1.807, 2.05) is 32.0 Å². The van der Waals surface area contributed by atoms with Crippen molar-refractivity contribution in [2.75, 3.05) is 12.3 Å². The van der Waals surface area contributed by atoms with Crippen molar-refractivity contribution in [2.45, 2.75) is 20.8 Å². The van der Waals surface area contributed by atoms with Crippen LogP contribution in [0.3, 0.4) is 0 Å². The summed E-state index contributed by atoms with van der Waals surface area (Å²) in [4.78, 5) is 15.8. The van der Waals surface area contributed by atoms with Crippen LogP contribution >= 0.6 is 0 Å². The van der Waals surface area contributed by atoms with Crippen molar-refractivity contribution in [1.82, 2.24) is 4.98 Å². The first kappa shape index (κ1) is 13.1. The number of aromatic nitrogens is 1. The second-order valence-electron chi connectivity index (χ2n) is 4.20. The van der Waals surface area contributed by atoms with Crippen molar-refractivity contribution in [1.29, 1.82) is 0 Å². The molecular formula is C14H16N2O3. The molecule has 1 aromatic heterocycles. The molecule has 0 fully saturated rings. The van der Waals surface area contributed by atoms with E-state index in [4.69, 9.17) is 14.9 Å². The lowest BCUT2D eigenvalue weighted by Gasteiger charge is -2.03. The summed E-state index contributed by atoms with van der Waals surface area (Å²) in [5, 5.41) is 0. The van der Waals surface area contributed by atoms with Gasteiger partial charge in [0.2, 0.25) is 17.5 Å². The minimum absolute atomic E-state index is 0.0191. The van der Waals surface area contributed by atoms with Gasteiger partial charge in [0.05, 0.1) is 6.61 Å². The number of oxazole rings is 1. The fourth-order valence-electron chi connectivity index (χ4n) is 1.78. The SMILES string of the molecule is CCOC(=O)c1nc(-c2cccc(C)c2C)oc1N. The quantitative estimate of drug-likeness (QED) is 0.858. The number of ether oxygens (including phenoxy) is 1. The number of hydrogen-bond acceptors (Lipinski definition) is 5. The van der Waals surface area contributed by atoms with Gasteiger partial charge in [-0.3, -0.25) is 0 Å². The third-order valence-corrected chi connectivity index (χ3v) is 2.96. The molecule has 2 N–H and O–H groups in total. The predicted octanol–water partition coefficient (Wildman–Crippen LogP) is 2.72. The fourth-order valence-corrected chi connectivity index (χ4v) is 1.78. The summed E-state index contributed by atoms with van der Waals surface area (Å²) < 4.78 is 10.2. The molecule has 0 bridgehead atoms. The topological polar surface area (TPSA) is 78.3 Å². The number of benzene rings is 1. The smallest absolute Gasteiger partial charge is 0.362 e. The maximum absolute atomic E-state index is 11.6. The van der Waals surface area contributed by atoms with Crippen LogP contribution in [0.25, 0.3) is 11.5 Å². The monoisotopic (exact) mass is 260 g/mol. The highest BCUT2D eigenvalue weighted by Crippen LogP contribution is 2.28. The minimum Gasteiger partial charge on any atom is -0.461 e. The fraction of sp³-hybridized carbons (Fsp3) is 0.286. The highest BCUT2D eigenvalue weighted by Gasteiger charge is 2.20. The molecule has 0 amide bonds. The van der Waals surface area contributed by atoms with Gasteiger partial charge in [-0.2, -0.15) is 4.98 Å². The standard InChI is InChI=1S/C14H16N2O3/c1-4-18-14(17)11-12(15)19-13(16-11)10-7-5-6-8(2)9(10)3/h5-7H,4,15H2,1-3H3. The van der Waals surface area contributed by atoms with Gasteiger partial charge in [0.15, 0.2) is 0 Å². The average molecular weight is 260 g/mol. The van der Waals surface area contributed by atoms with Gasteiger partial charge in [-0.25, -0.2) is 4.79 Å². The second kappa shape index (κ2) is 5.14. The molecule has 0 spiro atoms. The van der Waals surface area contributed by atoms with Crippen molar-refractivity contribution in [3.05, 3.63) is 35.0 Å². The number of nitrogens with zero attached hydrogens (tertiary/aromatic N) is 1. The highest BCUT2D eigenvalue weighted by molar-refractivity contribution is 5.92. The predicted molar refractivity (Wildman–Crippen MR) is 71.8 cm³/mol. The lowest BCUT2D eigenvalue weighted by molar-refractivity contribution is 0.0521. The van der Waals surface area contributed by atoms with Gasteiger partial charge in [-0.15, -0.1) is 0 Å². The number of carbonyl (C=O) groups is 1. The van der Waals surface area contributed by atoms with E-state index in [0.717, 1.165) is 16.7 Å². The summed E-state index contributed by atoms with van der Waals surface area (Å²) in [6.07, 6.45) is 0. The zero-order chi connectivity index (χ0) is 14.0. The van der Waals surface area contributed by atoms with E-state index in [0.29, 0.717) is 5.89 Å². The van der Waals surface area contributed by atoms with E-state index in [2.05, 4.69) is 4.98 Å². The first-order valence-electron chi connectivity index (χ1n) is 6.04. The molecule has 5 heteroatoms. The van der Waals surface area contributed by atoms with Gasteiger partial charge >= 0.3 is 5.97 Å². The second-order valence-corrected chi connectivity index (χ2v) is 4.20. The maximum atomic E-state index is 11.6. The van der Waals surface area contributed by atoms with Crippen molar-refractivity contribution in [3.63, 3.8) is 0 Å². The van der Waals surface area contributed by atoms with Gasteiger partial charge in [0.1, 0.15) is 0 Å². The zero-order valence-electron chi connectivity index (χ0n) is 11.2. The number of carbonyl (C=O) groups excluding carboxylic acids is 1. The summed E-state index contributed by atoms with van der Waals surface area (Å²) in [6.45, 7) is 5.95. The Morgan fingerprint density at radius 1 is 1.42 bits per heavy atom. The van der Waals surface area contributed by atoms with Crippen LogP contribution in [0.5, 0.6) is 0 Å². The molecule has 2 rings (SSSR count). The molecule has 1 heterocycles. The van der Waals surface area contributed by atoms with E-state index in [1.165, 1.54) is 0 Å². The number of nitrogens with two attached hydrogens (primary N) is 1. The van der Waals surface area contributed by atoms with Crippen molar-refractivity contribution in [3.8, 4) is 11.5 Å². The molecule has 0 aliphatic rings. The largest absolute Gasteiger partial charge is 0.461 e. The van der Waals surface area contributed by atoms with Crippen LogP contribution in [0.1, 0.15) is 28.5 Å². The van der Waals surface area contributed by atoms with Gasteiger partial charge < -0.3 is 14.9 Å².